The van der Waals surface area contributed by atoms with Gasteiger partial charge in [0.2, 0.25) is 0 Å². The van der Waals surface area contributed by atoms with Crippen LogP contribution in [-0.4, -0.2) is 4.98 Å². The number of nitrogens with zero attached hydrogens (tertiary/aromatic N) is 1. The van der Waals surface area contributed by atoms with Crippen LogP contribution in [0.15, 0.2) is 48.1 Å². The van der Waals surface area contributed by atoms with Gasteiger partial charge in [0.15, 0.2) is 0 Å². The molecule has 25 heavy (non-hydrogen) atoms. The van der Waals surface area contributed by atoms with Crippen LogP contribution >= 0.6 is 0 Å². The summed E-state index contributed by atoms with van der Waals surface area (Å²) in [5.41, 5.74) is 5.14. The molecule has 0 fully saturated rings. The van der Waals surface area contributed by atoms with Crippen LogP contribution < -0.4 is 0 Å². The molecular weight excluding hydrogens is 302 g/mol. The van der Waals surface area contributed by atoms with Gasteiger partial charge in [-0.2, -0.15) is 0 Å². The van der Waals surface area contributed by atoms with Crippen LogP contribution in [0, 0.1) is 0 Å². The number of aromatic nitrogens is 1. The van der Waals surface area contributed by atoms with Crippen LogP contribution in [0.1, 0.15) is 82.4 Å². The molecule has 1 heteroatoms. The summed E-state index contributed by atoms with van der Waals surface area (Å²) in [6.07, 6.45) is 17.6. The molecule has 0 radical (unpaired) electrons. The van der Waals surface area contributed by atoms with Crippen molar-refractivity contribution >= 4 is 17.0 Å². The van der Waals surface area contributed by atoms with Gasteiger partial charge in [0.1, 0.15) is 0 Å². The van der Waals surface area contributed by atoms with Crippen molar-refractivity contribution in [1.82, 2.24) is 4.98 Å². The van der Waals surface area contributed by atoms with E-state index in [2.05, 4.69) is 62.4 Å². The van der Waals surface area contributed by atoms with Gasteiger partial charge in [-0.05, 0) is 42.7 Å². The standard InChI is InChI=1S/C24H31N/c1-3-5-6-7-8-9-10-14-21-19(4-2)16-17-24-22(21)18-20-13-11-12-15-23(20)25-24/h4,11-13,15-18,21H,3,5-10,14H2,1-2H3. The third-order valence-electron chi connectivity index (χ3n) is 5.43. The Bertz CT molecular complexity index is 754. The molecule has 0 spiro atoms. The highest BCUT2D eigenvalue weighted by Crippen LogP contribution is 2.38. The molecule has 0 saturated heterocycles. The normalized spacial score (nSPS) is 18.0. The third-order valence-corrected chi connectivity index (χ3v) is 5.43. The maximum absolute atomic E-state index is 4.90. The Labute approximate surface area is 152 Å². The lowest BCUT2D eigenvalue weighted by Gasteiger charge is -2.24. The van der Waals surface area contributed by atoms with Gasteiger partial charge in [0.25, 0.3) is 0 Å². The molecule has 0 amide bonds. The summed E-state index contributed by atoms with van der Waals surface area (Å²) in [5.74, 6) is 0.512. The second-order valence-corrected chi connectivity index (χ2v) is 7.24. The predicted molar refractivity (Wildman–Crippen MR) is 110 cm³/mol. The van der Waals surface area contributed by atoms with Crippen LogP contribution in [0.5, 0.6) is 0 Å². The summed E-state index contributed by atoms with van der Waals surface area (Å²) in [4.78, 5) is 4.90. The number of allylic oxidation sites excluding steroid dienone is 3. The highest BCUT2D eigenvalue weighted by Gasteiger charge is 2.22. The summed E-state index contributed by atoms with van der Waals surface area (Å²) < 4.78 is 0. The monoisotopic (exact) mass is 333 g/mol. The first-order chi connectivity index (χ1) is 12.3. The van der Waals surface area contributed by atoms with Crippen molar-refractivity contribution in [2.24, 2.45) is 0 Å². The van der Waals surface area contributed by atoms with Gasteiger partial charge in [-0.15, -0.1) is 0 Å². The van der Waals surface area contributed by atoms with E-state index >= 15 is 0 Å². The zero-order valence-electron chi connectivity index (χ0n) is 15.8. The van der Waals surface area contributed by atoms with Crippen molar-refractivity contribution in [2.45, 2.75) is 71.1 Å². The number of fused-ring (bicyclic) bond motifs is 2. The molecule has 1 aromatic carbocycles. The first-order valence-corrected chi connectivity index (χ1v) is 10.1. The molecule has 0 saturated carbocycles. The van der Waals surface area contributed by atoms with E-state index in [0.717, 1.165) is 11.2 Å². The maximum atomic E-state index is 4.90. The molecule has 1 unspecified atom stereocenters. The number of benzene rings is 1. The van der Waals surface area contributed by atoms with E-state index < -0.39 is 0 Å². The van der Waals surface area contributed by atoms with E-state index in [1.165, 1.54) is 67.9 Å². The minimum atomic E-state index is 0.512. The van der Waals surface area contributed by atoms with E-state index in [-0.39, 0.29) is 0 Å². The van der Waals surface area contributed by atoms with Gasteiger partial charge < -0.3 is 0 Å². The highest BCUT2D eigenvalue weighted by atomic mass is 14.7. The Morgan fingerprint density at radius 3 is 2.52 bits per heavy atom. The lowest BCUT2D eigenvalue weighted by atomic mass is 9.81. The molecule has 0 bridgehead atoms. The second-order valence-electron chi connectivity index (χ2n) is 7.24. The van der Waals surface area contributed by atoms with Crippen molar-refractivity contribution in [3.05, 3.63) is 59.3 Å². The molecule has 1 atom stereocenters. The molecule has 0 aliphatic heterocycles. The Balaban J connectivity index is 1.70. The second kappa shape index (κ2) is 8.99. The van der Waals surface area contributed by atoms with Gasteiger partial charge in [-0.1, -0.05) is 82.2 Å². The minimum Gasteiger partial charge on any atom is -0.248 e. The summed E-state index contributed by atoms with van der Waals surface area (Å²) >= 11 is 0. The summed E-state index contributed by atoms with van der Waals surface area (Å²) in [6.45, 7) is 4.45. The lowest BCUT2D eigenvalue weighted by molar-refractivity contribution is 0.557. The van der Waals surface area contributed by atoms with Crippen molar-refractivity contribution in [1.29, 1.82) is 0 Å². The molecule has 132 valence electrons. The SMILES string of the molecule is CC=C1C=Cc2nc3ccccc3cc2C1CCCCCCCCC. The zero-order valence-corrected chi connectivity index (χ0v) is 15.8. The summed E-state index contributed by atoms with van der Waals surface area (Å²) in [6, 6.07) is 10.8. The van der Waals surface area contributed by atoms with Crippen molar-refractivity contribution < 1.29 is 0 Å². The fourth-order valence-corrected chi connectivity index (χ4v) is 3.96. The molecule has 2 aromatic rings. The van der Waals surface area contributed by atoms with Gasteiger partial charge in [0.05, 0.1) is 11.2 Å². The van der Waals surface area contributed by atoms with Crippen LogP contribution in [-0.2, 0) is 0 Å². The number of pyridine rings is 1. The van der Waals surface area contributed by atoms with E-state index in [4.69, 9.17) is 4.98 Å². The van der Waals surface area contributed by atoms with E-state index in [1.807, 2.05) is 0 Å². The molecule has 3 rings (SSSR count). The lowest BCUT2D eigenvalue weighted by Crippen LogP contribution is -2.09. The van der Waals surface area contributed by atoms with Crippen LogP contribution in [0.25, 0.3) is 17.0 Å². The predicted octanol–water partition coefficient (Wildman–Crippen LogP) is 7.43. The fraction of sp³-hybridized carbons (Fsp3) is 0.458. The molecule has 1 aromatic heterocycles. The van der Waals surface area contributed by atoms with E-state index in [9.17, 15) is 0 Å². The van der Waals surface area contributed by atoms with Crippen LogP contribution in [0.2, 0.25) is 0 Å². The summed E-state index contributed by atoms with van der Waals surface area (Å²) in [7, 11) is 0. The Morgan fingerprint density at radius 2 is 1.72 bits per heavy atom. The first kappa shape index (κ1) is 17.9. The number of unbranched alkanes of at least 4 members (excludes halogenated alkanes) is 6. The third kappa shape index (κ3) is 4.39. The molecule has 1 heterocycles. The molecular formula is C24H31N. The topological polar surface area (TPSA) is 12.9 Å². The highest BCUT2D eigenvalue weighted by molar-refractivity contribution is 5.82. The number of rotatable bonds is 8. The maximum Gasteiger partial charge on any atom is 0.0709 e. The molecule has 0 N–H and O–H groups in total. The average molecular weight is 334 g/mol. The molecule has 1 aliphatic rings. The fourth-order valence-electron chi connectivity index (χ4n) is 3.96. The number of para-hydroxylation sites is 1. The summed E-state index contributed by atoms with van der Waals surface area (Å²) in [5, 5.41) is 1.26. The van der Waals surface area contributed by atoms with Gasteiger partial charge >= 0.3 is 0 Å². The minimum absolute atomic E-state index is 0.512. The van der Waals surface area contributed by atoms with Crippen LogP contribution in [0.4, 0.5) is 0 Å². The largest absolute Gasteiger partial charge is 0.248 e. The van der Waals surface area contributed by atoms with E-state index in [0.29, 0.717) is 5.92 Å². The van der Waals surface area contributed by atoms with Gasteiger partial charge in [-0.3, -0.25) is 0 Å². The Kier molecular flexibility index (Phi) is 6.44. The Morgan fingerprint density at radius 1 is 0.960 bits per heavy atom. The van der Waals surface area contributed by atoms with Gasteiger partial charge in [0, 0.05) is 11.3 Å². The zero-order chi connectivity index (χ0) is 17.5. The molecule has 1 aliphatic carbocycles. The Hall–Kier alpha value is -1.89. The van der Waals surface area contributed by atoms with Crippen molar-refractivity contribution in [3.8, 4) is 0 Å². The van der Waals surface area contributed by atoms with Crippen LogP contribution in [0.3, 0.4) is 0 Å². The average Bonchev–Trinajstić information content (AvgIpc) is 2.65. The van der Waals surface area contributed by atoms with Crippen molar-refractivity contribution in [2.75, 3.05) is 0 Å². The number of hydrogen-bond donors (Lipinski definition) is 0. The molecule has 1 nitrogen and oxygen atoms in total. The quantitative estimate of drug-likeness (QED) is 0.458. The first-order valence-electron chi connectivity index (χ1n) is 10.1. The smallest absolute Gasteiger partial charge is 0.0709 e. The van der Waals surface area contributed by atoms with E-state index in [1.54, 1.807) is 0 Å². The number of hydrogen-bond acceptors (Lipinski definition) is 1. The van der Waals surface area contributed by atoms with Crippen molar-refractivity contribution in [3.63, 3.8) is 0 Å². The van der Waals surface area contributed by atoms with Gasteiger partial charge in [-0.25, -0.2) is 4.98 Å².